The third kappa shape index (κ3) is 7.56. The highest BCUT2D eigenvalue weighted by Crippen LogP contribution is 2.25. The number of unbranched alkanes of at least 4 members (excludes halogenated alkanes) is 5. The van der Waals surface area contributed by atoms with Crippen LogP contribution < -0.4 is 0 Å². The summed E-state index contributed by atoms with van der Waals surface area (Å²) < 4.78 is 0. The van der Waals surface area contributed by atoms with Gasteiger partial charge in [-0.25, -0.2) is 0 Å². The molecule has 0 amide bonds. The van der Waals surface area contributed by atoms with Crippen LogP contribution in [0.25, 0.3) is 0 Å². The molecule has 0 aromatic heterocycles. The summed E-state index contributed by atoms with van der Waals surface area (Å²) in [5.74, 6) is 0.374. The average molecular weight is 302 g/mol. The fourth-order valence-corrected chi connectivity index (χ4v) is 2.51. The molecule has 1 N–H and O–H groups in total. The van der Waals surface area contributed by atoms with Gasteiger partial charge in [-0.2, -0.15) is 0 Å². The maximum Gasteiger partial charge on any atom is 0.182 e. The molecule has 1 rings (SSSR count). The standard InChI is InChI=1S/C20H30O2/c1-2-3-4-5-8-11-14-19-18(15-16-20(19)22)13-10-7-6-9-12-17-21/h7-8,10-11,14-16,18,21H,2-6,9,12-13,17H2,1H3/b10-7-,11-8+,19-14+/t18-/m0/s1. The summed E-state index contributed by atoms with van der Waals surface area (Å²) in [6.45, 7) is 2.47. The Balaban J connectivity index is 2.38. The summed E-state index contributed by atoms with van der Waals surface area (Å²) in [6.07, 6.45) is 22.8. The molecule has 122 valence electrons. The highest BCUT2D eigenvalue weighted by Gasteiger charge is 2.20. The molecule has 0 bridgehead atoms. The largest absolute Gasteiger partial charge is 0.396 e. The van der Waals surface area contributed by atoms with Crippen molar-refractivity contribution < 1.29 is 9.90 Å². The van der Waals surface area contributed by atoms with Crippen LogP contribution in [0, 0.1) is 5.92 Å². The van der Waals surface area contributed by atoms with Crippen LogP contribution in [0.2, 0.25) is 0 Å². The van der Waals surface area contributed by atoms with Crippen LogP contribution in [0.4, 0.5) is 0 Å². The predicted octanol–water partition coefficient (Wildman–Crippen LogP) is 4.91. The molecule has 0 unspecified atom stereocenters. The lowest BCUT2D eigenvalue weighted by molar-refractivity contribution is -0.111. The van der Waals surface area contributed by atoms with Crippen LogP contribution in [-0.4, -0.2) is 17.5 Å². The second-order valence-corrected chi connectivity index (χ2v) is 5.80. The number of ketones is 1. The molecular formula is C20H30O2. The highest BCUT2D eigenvalue weighted by molar-refractivity contribution is 6.07. The van der Waals surface area contributed by atoms with Gasteiger partial charge in [0.15, 0.2) is 5.78 Å². The number of carbonyl (C=O) groups excluding carboxylic acids is 1. The Kier molecular flexibility index (Phi) is 10.3. The summed E-state index contributed by atoms with van der Waals surface area (Å²) >= 11 is 0. The van der Waals surface area contributed by atoms with E-state index in [1.165, 1.54) is 19.3 Å². The lowest BCUT2D eigenvalue weighted by Gasteiger charge is -2.06. The van der Waals surface area contributed by atoms with Gasteiger partial charge in [-0.15, -0.1) is 0 Å². The van der Waals surface area contributed by atoms with E-state index in [4.69, 9.17) is 5.11 Å². The maximum atomic E-state index is 11.9. The zero-order valence-corrected chi connectivity index (χ0v) is 13.8. The molecule has 2 heteroatoms. The lowest BCUT2D eigenvalue weighted by Crippen LogP contribution is -2.01. The van der Waals surface area contributed by atoms with E-state index in [1.807, 2.05) is 18.2 Å². The third-order valence-electron chi connectivity index (χ3n) is 3.89. The lowest BCUT2D eigenvalue weighted by atomic mass is 9.97. The minimum absolute atomic E-state index is 0.150. The van der Waals surface area contributed by atoms with Crippen LogP contribution in [-0.2, 0) is 4.79 Å². The van der Waals surface area contributed by atoms with Crippen LogP contribution in [0.1, 0.15) is 58.3 Å². The summed E-state index contributed by atoms with van der Waals surface area (Å²) in [4.78, 5) is 11.9. The van der Waals surface area contributed by atoms with Crippen LogP contribution in [0.3, 0.4) is 0 Å². The van der Waals surface area contributed by atoms with Gasteiger partial charge in [0.25, 0.3) is 0 Å². The van der Waals surface area contributed by atoms with Gasteiger partial charge >= 0.3 is 0 Å². The number of aliphatic hydroxyl groups excluding tert-OH is 1. The minimum Gasteiger partial charge on any atom is -0.396 e. The number of rotatable bonds is 11. The summed E-state index contributed by atoms with van der Waals surface area (Å²) in [7, 11) is 0. The maximum absolute atomic E-state index is 11.9. The third-order valence-corrected chi connectivity index (χ3v) is 3.89. The fourth-order valence-electron chi connectivity index (χ4n) is 2.51. The number of hydrogen-bond acceptors (Lipinski definition) is 2. The quantitative estimate of drug-likeness (QED) is 0.334. The minimum atomic E-state index is 0.150. The molecular weight excluding hydrogens is 272 g/mol. The Morgan fingerprint density at radius 1 is 1.09 bits per heavy atom. The van der Waals surface area contributed by atoms with E-state index in [-0.39, 0.29) is 18.3 Å². The van der Waals surface area contributed by atoms with Crippen LogP contribution in [0.5, 0.6) is 0 Å². The molecule has 1 aliphatic rings. The van der Waals surface area contributed by atoms with Crippen molar-refractivity contribution in [1.82, 2.24) is 0 Å². The van der Waals surface area contributed by atoms with Crippen molar-refractivity contribution in [2.45, 2.75) is 58.3 Å². The molecule has 0 heterocycles. The van der Waals surface area contributed by atoms with Crippen molar-refractivity contribution in [2.24, 2.45) is 5.92 Å². The Morgan fingerprint density at radius 3 is 2.64 bits per heavy atom. The zero-order chi connectivity index (χ0) is 16.0. The van der Waals surface area contributed by atoms with E-state index in [0.29, 0.717) is 0 Å². The zero-order valence-electron chi connectivity index (χ0n) is 13.8. The van der Waals surface area contributed by atoms with Gasteiger partial charge in [0.1, 0.15) is 0 Å². The summed E-state index contributed by atoms with van der Waals surface area (Å²) in [5.41, 5.74) is 0.909. The van der Waals surface area contributed by atoms with Crippen molar-refractivity contribution in [3.63, 3.8) is 0 Å². The smallest absolute Gasteiger partial charge is 0.182 e. The Hall–Kier alpha value is -1.41. The number of allylic oxidation sites excluding steroid dienone is 8. The van der Waals surface area contributed by atoms with Crippen molar-refractivity contribution in [2.75, 3.05) is 6.61 Å². The number of aliphatic hydroxyl groups is 1. The fraction of sp³-hybridized carbons (Fsp3) is 0.550. The Morgan fingerprint density at radius 2 is 1.86 bits per heavy atom. The van der Waals surface area contributed by atoms with Crippen molar-refractivity contribution in [1.29, 1.82) is 0 Å². The first kappa shape index (κ1) is 18.6. The molecule has 2 nitrogen and oxygen atoms in total. The predicted molar refractivity (Wildman–Crippen MR) is 93.7 cm³/mol. The monoisotopic (exact) mass is 302 g/mol. The highest BCUT2D eigenvalue weighted by atomic mass is 16.2. The molecule has 0 spiro atoms. The van der Waals surface area contributed by atoms with Crippen molar-refractivity contribution >= 4 is 5.78 Å². The van der Waals surface area contributed by atoms with Crippen LogP contribution in [0.15, 0.2) is 48.1 Å². The normalized spacial score (nSPS) is 20.2. The number of hydrogen-bond donors (Lipinski definition) is 1. The molecule has 0 aliphatic heterocycles. The number of carbonyl (C=O) groups is 1. The molecule has 0 aromatic rings. The van der Waals surface area contributed by atoms with E-state index in [9.17, 15) is 4.79 Å². The van der Waals surface area contributed by atoms with Gasteiger partial charge in [-0.1, -0.05) is 56.2 Å². The van der Waals surface area contributed by atoms with Gasteiger partial charge in [-0.05, 0) is 44.6 Å². The molecule has 22 heavy (non-hydrogen) atoms. The Labute approximate surface area is 135 Å². The molecule has 0 saturated carbocycles. The average Bonchev–Trinajstić information content (AvgIpc) is 2.87. The molecule has 0 saturated heterocycles. The first-order valence-corrected chi connectivity index (χ1v) is 8.64. The van der Waals surface area contributed by atoms with Gasteiger partial charge < -0.3 is 5.11 Å². The van der Waals surface area contributed by atoms with Crippen LogP contribution >= 0.6 is 0 Å². The van der Waals surface area contributed by atoms with Crippen molar-refractivity contribution in [3.05, 3.63) is 48.1 Å². The SMILES string of the molecule is CCCCC/C=C/C=C1/C(=O)C=C[C@@H]1C/C=C\CCCCO. The van der Waals surface area contributed by atoms with Gasteiger partial charge in [0, 0.05) is 18.1 Å². The molecule has 0 radical (unpaired) electrons. The van der Waals surface area contributed by atoms with Gasteiger partial charge in [-0.3, -0.25) is 4.79 Å². The first-order chi connectivity index (χ1) is 10.8. The molecule has 0 fully saturated rings. The van der Waals surface area contributed by atoms with E-state index < -0.39 is 0 Å². The molecule has 1 atom stereocenters. The second kappa shape index (κ2) is 12.2. The van der Waals surface area contributed by atoms with E-state index >= 15 is 0 Å². The molecule has 0 aromatic carbocycles. The summed E-state index contributed by atoms with van der Waals surface area (Å²) in [6, 6.07) is 0. The van der Waals surface area contributed by atoms with Crippen molar-refractivity contribution in [3.8, 4) is 0 Å². The van der Waals surface area contributed by atoms with E-state index in [1.54, 1.807) is 6.08 Å². The van der Waals surface area contributed by atoms with Gasteiger partial charge in [0.2, 0.25) is 0 Å². The first-order valence-electron chi connectivity index (χ1n) is 8.64. The Bertz CT molecular complexity index is 427. The second-order valence-electron chi connectivity index (χ2n) is 5.80. The topological polar surface area (TPSA) is 37.3 Å². The molecule has 1 aliphatic carbocycles. The van der Waals surface area contributed by atoms with E-state index in [2.05, 4.69) is 25.2 Å². The van der Waals surface area contributed by atoms with E-state index in [0.717, 1.165) is 37.7 Å². The van der Waals surface area contributed by atoms with Gasteiger partial charge in [0.05, 0.1) is 0 Å². The summed E-state index contributed by atoms with van der Waals surface area (Å²) in [5, 5.41) is 8.73.